The highest BCUT2D eigenvalue weighted by Gasteiger charge is 2.30. The summed E-state index contributed by atoms with van der Waals surface area (Å²) >= 11 is 0. The van der Waals surface area contributed by atoms with E-state index in [1.807, 2.05) is 29.2 Å². The van der Waals surface area contributed by atoms with Crippen molar-refractivity contribution < 1.29 is 14.0 Å². The molecule has 0 bridgehead atoms. The van der Waals surface area contributed by atoms with Gasteiger partial charge in [-0.1, -0.05) is 30.3 Å². The summed E-state index contributed by atoms with van der Waals surface area (Å²) in [5.41, 5.74) is 2.10. The molecule has 2 aromatic carbocycles. The van der Waals surface area contributed by atoms with E-state index in [0.29, 0.717) is 12.5 Å². The first kappa shape index (κ1) is 17.9. The van der Waals surface area contributed by atoms with Crippen LogP contribution in [0.5, 0.6) is 0 Å². The minimum absolute atomic E-state index is 0.128. The largest absolute Gasteiger partial charge is 0.334 e. The fraction of sp³-hybridized carbons (Fsp3) is 0.364. The quantitative estimate of drug-likeness (QED) is 0.762. The third kappa shape index (κ3) is 3.78. The van der Waals surface area contributed by atoms with Crippen LogP contribution >= 0.6 is 0 Å². The molecular formula is C22H23FN2O2. The molecular weight excluding hydrogens is 343 g/mol. The van der Waals surface area contributed by atoms with Gasteiger partial charge in [-0.25, -0.2) is 4.39 Å². The highest BCUT2D eigenvalue weighted by molar-refractivity contribution is 5.98. The molecule has 1 fully saturated rings. The van der Waals surface area contributed by atoms with E-state index in [9.17, 15) is 14.0 Å². The van der Waals surface area contributed by atoms with Crippen molar-refractivity contribution in [2.45, 2.75) is 19.4 Å². The van der Waals surface area contributed by atoms with Gasteiger partial charge in [0.1, 0.15) is 5.82 Å². The highest BCUT2D eigenvalue weighted by Crippen LogP contribution is 2.26. The van der Waals surface area contributed by atoms with E-state index in [2.05, 4.69) is 4.90 Å². The van der Waals surface area contributed by atoms with Crippen molar-refractivity contribution in [2.24, 2.45) is 5.92 Å². The lowest BCUT2D eigenvalue weighted by atomic mass is 9.95. The average molecular weight is 366 g/mol. The Balaban J connectivity index is 1.28. The molecule has 27 heavy (non-hydrogen) atoms. The van der Waals surface area contributed by atoms with Crippen molar-refractivity contribution in [3.63, 3.8) is 0 Å². The van der Waals surface area contributed by atoms with Crippen LogP contribution in [0.1, 0.15) is 39.1 Å². The van der Waals surface area contributed by atoms with E-state index < -0.39 is 5.82 Å². The number of fused-ring (bicyclic) bond motifs is 1. The Bertz CT molecular complexity index is 859. The SMILES string of the molecule is O=C(CN1CCC(CN2Cc3ccccc3C2=O)CC1)c1ccccc1F. The van der Waals surface area contributed by atoms with Crippen molar-refractivity contribution in [3.05, 3.63) is 71.0 Å². The molecule has 0 spiro atoms. The molecule has 5 heteroatoms. The zero-order valence-corrected chi connectivity index (χ0v) is 15.2. The van der Waals surface area contributed by atoms with Crippen LogP contribution in [0, 0.1) is 11.7 Å². The van der Waals surface area contributed by atoms with Gasteiger partial charge in [0.2, 0.25) is 0 Å². The second kappa shape index (κ2) is 7.61. The number of hydrogen-bond acceptors (Lipinski definition) is 3. The van der Waals surface area contributed by atoms with Gasteiger partial charge in [-0.2, -0.15) is 0 Å². The molecule has 1 amide bonds. The molecule has 0 N–H and O–H groups in total. The van der Waals surface area contributed by atoms with Crippen molar-refractivity contribution in [1.29, 1.82) is 0 Å². The fourth-order valence-corrected chi connectivity index (χ4v) is 4.08. The summed E-state index contributed by atoms with van der Waals surface area (Å²) < 4.78 is 13.8. The summed E-state index contributed by atoms with van der Waals surface area (Å²) in [6.07, 6.45) is 1.90. The number of rotatable bonds is 5. The van der Waals surface area contributed by atoms with Gasteiger partial charge < -0.3 is 4.90 Å². The summed E-state index contributed by atoms with van der Waals surface area (Å²) in [7, 11) is 0. The summed E-state index contributed by atoms with van der Waals surface area (Å²) in [5, 5.41) is 0. The van der Waals surface area contributed by atoms with E-state index in [1.54, 1.807) is 18.2 Å². The molecule has 140 valence electrons. The van der Waals surface area contributed by atoms with Crippen LogP contribution in [0.4, 0.5) is 4.39 Å². The van der Waals surface area contributed by atoms with E-state index in [-0.39, 0.29) is 23.8 Å². The number of hydrogen-bond donors (Lipinski definition) is 0. The second-order valence-electron chi connectivity index (χ2n) is 7.47. The number of carbonyl (C=O) groups excluding carboxylic acids is 2. The van der Waals surface area contributed by atoms with E-state index in [0.717, 1.165) is 43.6 Å². The van der Waals surface area contributed by atoms with Crippen molar-refractivity contribution >= 4 is 11.7 Å². The lowest BCUT2D eigenvalue weighted by molar-refractivity contribution is 0.0707. The number of amides is 1. The fourth-order valence-electron chi connectivity index (χ4n) is 4.08. The first-order chi connectivity index (χ1) is 13.1. The number of Topliss-reactive ketones (excluding diaryl/α,β-unsaturated/α-hetero) is 1. The number of carbonyl (C=O) groups is 2. The monoisotopic (exact) mass is 366 g/mol. The second-order valence-corrected chi connectivity index (χ2v) is 7.47. The van der Waals surface area contributed by atoms with Gasteiger partial charge in [-0.05, 0) is 55.6 Å². The molecule has 2 aromatic rings. The zero-order valence-electron chi connectivity index (χ0n) is 15.2. The maximum absolute atomic E-state index is 13.8. The number of nitrogens with zero attached hydrogens (tertiary/aromatic N) is 2. The normalized spacial score (nSPS) is 18.0. The van der Waals surface area contributed by atoms with Gasteiger partial charge in [0, 0.05) is 18.7 Å². The third-order valence-corrected chi connectivity index (χ3v) is 5.62. The standard InChI is InChI=1S/C22H23FN2O2/c23-20-8-4-3-7-19(20)21(26)15-24-11-9-16(10-12-24)13-25-14-17-5-1-2-6-18(17)22(25)27/h1-8,16H,9-15H2. The van der Waals surface area contributed by atoms with Crippen LogP contribution < -0.4 is 0 Å². The molecule has 0 atom stereocenters. The topological polar surface area (TPSA) is 40.6 Å². The zero-order chi connectivity index (χ0) is 18.8. The molecule has 2 aliphatic rings. The first-order valence-corrected chi connectivity index (χ1v) is 9.49. The summed E-state index contributed by atoms with van der Waals surface area (Å²) in [6.45, 7) is 3.32. The third-order valence-electron chi connectivity index (χ3n) is 5.62. The van der Waals surface area contributed by atoms with E-state index in [1.165, 1.54) is 6.07 Å². The van der Waals surface area contributed by atoms with Crippen molar-refractivity contribution in [1.82, 2.24) is 9.80 Å². The Hall–Kier alpha value is -2.53. The van der Waals surface area contributed by atoms with Crippen LogP contribution in [0.3, 0.4) is 0 Å². The molecule has 0 unspecified atom stereocenters. The Morgan fingerprint density at radius 2 is 1.74 bits per heavy atom. The van der Waals surface area contributed by atoms with Gasteiger partial charge in [-0.3, -0.25) is 14.5 Å². The van der Waals surface area contributed by atoms with Crippen LogP contribution in [-0.2, 0) is 6.54 Å². The molecule has 4 rings (SSSR count). The Morgan fingerprint density at radius 3 is 2.48 bits per heavy atom. The number of piperidine rings is 1. The van der Waals surface area contributed by atoms with Gasteiger partial charge in [0.15, 0.2) is 5.78 Å². The van der Waals surface area contributed by atoms with E-state index in [4.69, 9.17) is 0 Å². The van der Waals surface area contributed by atoms with Gasteiger partial charge in [0.05, 0.1) is 12.1 Å². The molecule has 0 aromatic heterocycles. The van der Waals surface area contributed by atoms with Gasteiger partial charge in [0.25, 0.3) is 5.91 Å². The minimum Gasteiger partial charge on any atom is -0.334 e. The summed E-state index contributed by atoms with van der Waals surface area (Å²) in [5.74, 6) is -0.0490. The molecule has 2 heterocycles. The molecule has 4 nitrogen and oxygen atoms in total. The predicted molar refractivity (Wildman–Crippen MR) is 101 cm³/mol. The first-order valence-electron chi connectivity index (χ1n) is 9.49. The number of ketones is 1. The molecule has 0 aliphatic carbocycles. The maximum atomic E-state index is 13.8. The summed E-state index contributed by atoms with van der Waals surface area (Å²) in [4.78, 5) is 28.9. The Labute approximate surface area is 158 Å². The Kier molecular flexibility index (Phi) is 5.03. The molecule has 1 saturated heterocycles. The van der Waals surface area contributed by atoms with E-state index >= 15 is 0 Å². The van der Waals surface area contributed by atoms with Crippen LogP contribution in [-0.4, -0.2) is 47.7 Å². The molecule has 0 radical (unpaired) electrons. The smallest absolute Gasteiger partial charge is 0.254 e. The summed E-state index contributed by atoms with van der Waals surface area (Å²) in [6, 6.07) is 13.9. The lowest BCUT2D eigenvalue weighted by Crippen LogP contribution is -2.41. The van der Waals surface area contributed by atoms with Gasteiger partial charge in [-0.15, -0.1) is 0 Å². The van der Waals surface area contributed by atoms with Crippen molar-refractivity contribution in [2.75, 3.05) is 26.2 Å². The number of halogens is 1. The van der Waals surface area contributed by atoms with Crippen LogP contribution in [0.2, 0.25) is 0 Å². The number of benzene rings is 2. The predicted octanol–water partition coefficient (Wildman–Crippen LogP) is 3.38. The molecule has 2 aliphatic heterocycles. The number of likely N-dealkylation sites (tertiary alicyclic amines) is 1. The van der Waals surface area contributed by atoms with Crippen molar-refractivity contribution in [3.8, 4) is 0 Å². The lowest BCUT2D eigenvalue weighted by Gasteiger charge is -2.33. The van der Waals surface area contributed by atoms with Crippen LogP contribution in [0.15, 0.2) is 48.5 Å². The maximum Gasteiger partial charge on any atom is 0.254 e. The van der Waals surface area contributed by atoms with Crippen LogP contribution in [0.25, 0.3) is 0 Å². The van der Waals surface area contributed by atoms with Gasteiger partial charge >= 0.3 is 0 Å². The average Bonchev–Trinajstić information content (AvgIpc) is 2.99. The highest BCUT2D eigenvalue weighted by atomic mass is 19.1. The molecule has 0 saturated carbocycles. The Morgan fingerprint density at radius 1 is 1.04 bits per heavy atom. The minimum atomic E-state index is -0.454.